The molecule has 2 rings (SSSR count). The van der Waals surface area contributed by atoms with Crippen LogP contribution in [-0.4, -0.2) is 32.3 Å². The minimum Gasteiger partial charge on any atom is -0.493 e. The van der Waals surface area contributed by atoms with Gasteiger partial charge in [0.25, 0.3) is 0 Å². The lowest BCUT2D eigenvalue weighted by Crippen LogP contribution is -2.46. The molecule has 1 aliphatic rings. The van der Waals surface area contributed by atoms with Gasteiger partial charge < -0.3 is 24.8 Å². The van der Waals surface area contributed by atoms with E-state index < -0.39 is 18.0 Å². The van der Waals surface area contributed by atoms with Crippen molar-refractivity contribution in [2.45, 2.75) is 39.3 Å². The van der Waals surface area contributed by atoms with E-state index in [4.69, 9.17) is 25.8 Å². The fourth-order valence-corrected chi connectivity index (χ4v) is 3.07. The first-order valence-corrected chi connectivity index (χ1v) is 8.63. The van der Waals surface area contributed by atoms with Crippen LogP contribution >= 0.6 is 11.6 Å². The fourth-order valence-electron chi connectivity index (χ4n) is 2.77. The SMILES string of the molecule is CCC1=C(C(=O)OC(C)C)C(c2cc(Cl)c(OC)c(OC)c2)NC(=O)N1. The highest BCUT2D eigenvalue weighted by Crippen LogP contribution is 2.40. The Labute approximate surface area is 157 Å². The van der Waals surface area contributed by atoms with Crippen molar-refractivity contribution in [2.75, 3.05) is 14.2 Å². The molecule has 2 N–H and O–H groups in total. The van der Waals surface area contributed by atoms with Crippen LogP contribution in [0.15, 0.2) is 23.4 Å². The van der Waals surface area contributed by atoms with Gasteiger partial charge >= 0.3 is 12.0 Å². The summed E-state index contributed by atoms with van der Waals surface area (Å²) in [6, 6.07) is 2.19. The molecule has 1 atom stereocenters. The van der Waals surface area contributed by atoms with Crippen molar-refractivity contribution < 1.29 is 23.8 Å². The molecule has 0 saturated carbocycles. The molecule has 0 fully saturated rings. The molecule has 1 aromatic rings. The number of urea groups is 1. The number of hydrogen-bond donors (Lipinski definition) is 2. The van der Waals surface area contributed by atoms with E-state index in [9.17, 15) is 9.59 Å². The zero-order valence-corrected chi connectivity index (χ0v) is 16.2. The Morgan fingerprint density at radius 1 is 1.27 bits per heavy atom. The Morgan fingerprint density at radius 2 is 1.96 bits per heavy atom. The Morgan fingerprint density at radius 3 is 2.50 bits per heavy atom. The minimum atomic E-state index is -0.720. The summed E-state index contributed by atoms with van der Waals surface area (Å²) in [4.78, 5) is 24.7. The molecule has 1 unspecified atom stereocenters. The summed E-state index contributed by atoms with van der Waals surface area (Å²) in [5.74, 6) is 0.279. The third-order valence-electron chi connectivity index (χ3n) is 3.86. The van der Waals surface area contributed by atoms with E-state index in [-0.39, 0.29) is 6.10 Å². The number of rotatable bonds is 6. The zero-order chi connectivity index (χ0) is 19.4. The van der Waals surface area contributed by atoms with E-state index in [1.54, 1.807) is 26.0 Å². The van der Waals surface area contributed by atoms with E-state index in [2.05, 4.69) is 10.6 Å². The van der Waals surface area contributed by atoms with Crippen molar-refractivity contribution >= 4 is 23.6 Å². The molecule has 1 aliphatic heterocycles. The number of amides is 2. The van der Waals surface area contributed by atoms with Gasteiger partial charge in [-0.15, -0.1) is 0 Å². The summed E-state index contributed by atoms with van der Waals surface area (Å²) >= 11 is 6.29. The van der Waals surface area contributed by atoms with Crippen LogP contribution in [0.3, 0.4) is 0 Å². The molecule has 0 bridgehead atoms. The standard InChI is InChI=1S/C18H23ClN2O5/c1-6-12-14(17(22)26-9(2)3)15(21-18(23)20-12)10-7-11(19)16(25-5)13(8-10)24-4/h7-9,15H,6H2,1-5H3,(H2,20,21,23). The first kappa shape index (κ1) is 19.9. The average Bonchev–Trinajstić information content (AvgIpc) is 2.59. The zero-order valence-electron chi connectivity index (χ0n) is 15.4. The van der Waals surface area contributed by atoms with E-state index >= 15 is 0 Å². The lowest BCUT2D eigenvalue weighted by atomic mass is 9.94. The van der Waals surface area contributed by atoms with Crippen molar-refractivity contribution in [1.82, 2.24) is 10.6 Å². The molecule has 8 heteroatoms. The van der Waals surface area contributed by atoms with Gasteiger partial charge in [-0.25, -0.2) is 9.59 Å². The Balaban J connectivity index is 2.59. The third kappa shape index (κ3) is 4.04. The van der Waals surface area contributed by atoms with Crippen LogP contribution in [0.4, 0.5) is 4.79 Å². The number of carbonyl (C=O) groups is 2. The monoisotopic (exact) mass is 382 g/mol. The number of allylic oxidation sites excluding steroid dienone is 1. The normalized spacial score (nSPS) is 16.9. The molecule has 0 aromatic heterocycles. The van der Waals surface area contributed by atoms with Gasteiger partial charge in [0.1, 0.15) is 0 Å². The fraction of sp³-hybridized carbons (Fsp3) is 0.444. The largest absolute Gasteiger partial charge is 0.493 e. The summed E-state index contributed by atoms with van der Waals surface area (Å²) in [6.07, 6.45) is 0.174. The van der Waals surface area contributed by atoms with Crippen molar-refractivity contribution in [1.29, 1.82) is 0 Å². The van der Waals surface area contributed by atoms with E-state index in [0.29, 0.717) is 39.8 Å². The lowest BCUT2D eigenvalue weighted by molar-refractivity contribution is -0.143. The first-order chi connectivity index (χ1) is 12.3. The average molecular weight is 383 g/mol. The molecule has 26 heavy (non-hydrogen) atoms. The van der Waals surface area contributed by atoms with E-state index in [0.717, 1.165) is 0 Å². The number of carbonyl (C=O) groups excluding carboxylic acids is 2. The number of hydrogen-bond acceptors (Lipinski definition) is 5. The van der Waals surface area contributed by atoms with Crippen LogP contribution in [0, 0.1) is 0 Å². The van der Waals surface area contributed by atoms with Gasteiger partial charge in [0.2, 0.25) is 0 Å². The second-order valence-corrected chi connectivity index (χ2v) is 6.38. The molecule has 7 nitrogen and oxygen atoms in total. The van der Waals surface area contributed by atoms with Crippen LogP contribution in [-0.2, 0) is 9.53 Å². The molecule has 1 aromatic carbocycles. The molecule has 1 heterocycles. The molecule has 0 aliphatic carbocycles. The Hall–Kier alpha value is -2.41. The highest BCUT2D eigenvalue weighted by Gasteiger charge is 2.34. The lowest BCUT2D eigenvalue weighted by Gasteiger charge is -2.30. The number of benzene rings is 1. The summed E-state index contributed by atoms with van der Waals surface area (Å²) < 4.78 is 15.9. The van der Waals surface area contributed by atoms with Gasteiger partial charge in [0, 0.05) is 5.70 Å². The van der Waals surface area contributed by atoms with Crippen LogP contribution in [0.2, 0.25) is 5.02 Å². The number of halogens is 1. The smallest absolute Gasteiger partial charge is 0.338 e. The van der Waals surface area contributed by atoms with E-state index in [1.807, 2.05) is 6.92 Å². The van der Waals surface area contributed by atoms with Gasteiger partial charge in [0.05, 0.1) is 37.0 Å². The third-order valence-corrected chi connectivity index (χ3v) is 4.14. The van der Waals surface area contributed by atoms with Gasteiger partial charge in [-0.05, 0) is 38.0 Å². The predicted octanol–water partition coefficient (Wildman–Crippen LogP) is 3.33. The Kier molecular flexibility index (Phi) is 6.37. The van der Waals surface area contributed by atoms with Crippen LogP contribution < -0.4 is 20.1 Å². The number of methoxy groups -OCH3 is 2. The van der Waals surface area contributed by atoms with Crippen LogP contribution in [0.5, 0.6) is 11.5 Å². The van der Waals surface area contributed by atoms with Crippen molar-refractivity contribution in [3.63, 3.8) is 0 Å². The van der Waals surface area contributed by atoms with Crippen LogP contribution in [0.25, 0.3) is 0 Å². The summed E-state index contributed by atoms with van der Waals surface area (Å²) in [5.41, 5.74) is 1.43. The van der Waals surface area contributed by atoms with E-state index in [1.165, 1.54) is 14.2 Å². The van der Waals surface area contributed by atoms with Gasteiger partial charge in [0.15, 0.2) is 11.5 Å². The van der Waals surface area contributed by atoms with Crippen molar-refractivity contribution in [2.24, 2.45) is 0 Å². The molecular formula is C18H23ClN2O5. The molecule has 0 saturated heterocycles. The maximum atomic E-state index is 12.7. The molecule has 142 valence electrons. The molecule has 0 spiro atoms. The number of ether oxygens (including phenoxy) is 3. The highest BCUT2D eigenvalue weighted by atomic mass is 35.5. The number of esters is 1. The second-order valence-electron chi connectivity index (χ2n) is 5.97. The molecule has 2 amide bonds. The number of nitrogens with one attached hydrogen (secondary N) is 2. The van der Waals surface area contributed by atoms with Crippen molar-refractivity contribution in [3.05, 3.63) is 34.0 Å². The van der Waals surface area contributed by atoms with Crippen LogP contribution in [0.1, 0.15) is 38.8 Å². The highest BCUT2D eigenvalue weighted by molar-refractivity contribution is 6.32. The quantitative estimate of drug-likeness (QED) is 0.737. The van der Waals surface area contributed by atoms with Crippen molar-refractivity contribution in [3.8, 4) is 11.5 Å². The summed E-state index contributed by atoms with van der Waals surface area (Å²) in [5, 5.41) is 5.74. The molecule has 0 radical (unpaired) electrons. The summed E-state index contributed by atoms with van der Waals surface area (Å²) in [7, 11) is 2.97. The maximum absolute atomic E-state index is 12.7. The minimum absolute atomic E-state index is 0.291. The first-order valence-electron chi connectivity index (χ1n) is 8.25. The predicted molar refractivity (Wildman–Crippen MR) is 97.5 cm³/mol. The summed E-state index contributed by atoms with van der Waals surface area (Å²) in [6.45, 7) is 5.38. The molecular weight excluding hydrogens is 360 g/mol. The van der Waals surface area contributed by atoms with Gasteiger partial charge in [-0.2, -0.15) is 0 Å². The topological polar surface area (TPSA) is 85.9 Å². The van der Waals surface area contributed by atoms with Gasteiger partial charge in [-0.1, -0.05) is 18.5 Å². The van der Waals surface area contributed by atoms with Gasteiger partial charge in [-0.3, -0.25) is 0 Å². The Bertz CT molecular complexity index is 745. The maximum Gasteiger partial charge on any atom is 0.338 e. The second kappa shape index (κ2) is 8.31.